The van der Waals surface area contributed by atoms with Crippen LogP contribution in [-0.2, 0) is 19.6 Å². The number of carbonyl (C=O) groups excluding carboxylic acids is 2. The van der Waals surface area contributed by atoms with Gasteiger partial charge in [-0.2, -0.15) is 4.31 Å². The summed E-state index contributed by atoms with van der Waals surface area (Å²) in [7, 11) is -3.87. The van der Waals surface area contributed by atoms with E-state index < -0.39 is 15.4 Å². The molecule has 4 rings (SSSR count). The molecule has 0 saturated carbocycles. The first-order valence-electron chi connectivity index (χ1n) is 11.7. The average molecular weight is 524 g/mol. The molecule has 3 aromatic carbocycles. The Morgan fingerprint density at radius 1 is 0.944 bits per heavy atom. The summed E-state index contributed by atoms with van der Waals surface area (Å²) in [6.07, 6.45) is 0.487. The Balaban J connectivity index is 1.50. The van der Waals surface area contributed by atoms with Crippen molar-refractivity contribution in [3.05, 3.63) is 90.5 Å². The van der Waals surface area contributed by atoms with Crippen molar-refractivity contribution in [2.45, 2.75) is 29.7 Å². The smallest absolute Gasteiger partial charge is 0.249 e. The Labute approximate surface area is 216 Å². The van der Waals surface area contributed by atoms with Crippen LogP contribution in [0.3, 0.4) is 0 Å². The number of rotatable bonds is 9. The van der Waals surface area contributed by atoms with Crippen LogP contribution in [0.5, 0.6) is 0 Å². The van der Waals surface area contributed by atoms with Gasteiger partial charge in [-0.25, -0.2) is 8.42 Å². The van der Waals surface area contributed by atoms with Gasteiger partial charge in [-0.3, -0.25) is 9.59 Å². The fraction of sp³-hybridized carbons (Fsp3) is 0.259. The summed E-state index contributed by atoms with van der Waals surface area (Å²) < 4.78 is 28.2. The number of thioether (sulfide) groups is 1. The van der Waals surface area contributed by atoms with Gasteiger partial charge in [-0.15, -0.1) is 11.8 Å². The van der Waals surface area contributed by atoms with Crippen LogP contribution in [-0.4, -0.2) is 48.8 Å². The highest BCUT2D eigenvalue weighted by Crippen LogP contribution is 2.32. The summed E-state index contributed by atoms with van der Waals surface area (Å²) in [5, 5.41) is 4.91. The molecule has 2 N–H and O–H groups in total. The first kappa shape index (κ1) is 25.9. The Kier molecular flexibility index (Phi) is 8.45. The number of nitrogens with one attached hydrogen (secondary N) is 2. The highest BCUT2D eigenvalue weighted by atomic mass is 32.2. The number of sulfonamides is 1. The Hall–Kier alpha value is -3.14. The Morgan fingerprint density at radius 2 is 1.56 bits per heavy atom. The lowest BCUT2D eigenvalue weighted by Gasteiger charge is -2.26. The molecule has 7 nitrogen and oxygen atoms in total. The lowest BCUT2D eigenvalue weighted by atomic mass is 10.0. The predicted octanol–water partition coefficient (Wildman–Crippen LogP) is 3.80. The third-order valence-electron chi connectivity index (χ3n) is 5.97. The summed E-state index contributed by atoms with van der Waals surface area (Å²) in [5.74, 6) is 0.0232. The number of nitrogens with zero attached hydrogens (tertiary/aromatic N) is 1. The molecule has 2 atom stereocenters. The number of hydrogen-bond acceptors (Lipinski definition) is 5. The third kappa shape index (κ3) is 6.16. The molecule has 1 heterocycles. The van der Waals surface area contributed by atoms with Crippen LogP contribution in [0.15, 0.2) is 89.8 Å². The van der Waals surface area contributed by atoms with Crippen LogP contribution >= 0.6 is 11.8 Å². The molecular weight excluding hydrogens is 494 g/mol. The summed E-state index contributed by atoms with van der Waals surface area (Å²) in [4.78, 5) is 24.8. The molecule has 2 unspecified atom stereocenters. The second-order valence-corrected chi connectivity index (χ2v) is 11.6. The van der Waals surface area contributed by atoms with Gasteiger partial charge >= 0.3 is 0 Å². The molecule has 1 aliphatic heterocycles. The van der Waals surface area contributed by atoms with E-state index in [0.717, 1.165) is 16.7 Å². The van der Waals surface area contributed by atoms with Crippen molar-refractivity contribution in [1.29, 1.82) is 0 Å². The molecule has 1 saturated heterocycles. The molecular formula is C27H29N3O4S2. The Bertz CT molecular complexity index is 1280. The van der Waals surface area contributed by atoms with E-state index in [9.17, 15) is 18.0 Å². The van der Waals surface area contributed by atoms with Gasteiger partial charge in [-0.05, 0) is 35.2 Å². The molecule has 1 aliphatic rings. The minimum Gasteiger partial charge on any atom is -0.356 e. The second kappa shape index (κ2) is 11.7. The van der Waals surface area contributed by atoms with Crippen molar-refractivity contribution in [3.8, 4) is 11.1 Å². The van der Waals surface area contributed by atoms with E-state index in [4.69, 9.17) is 0 Å². The van der Waals surface area contributed by atoms with Crippen LogP contribution in [0.25, 0.3) is 11.1 Å². The van der Waals surface area contributed by atoms with Gasteiger partial charge in [0.25, 0.3) is 0 Å². The van der Waals surface area contributed by atoms with E-state index >= 15 is 0 Å². The zero-order valence-corrected chi connectivity index (χ0v) is 21.6. The van der Waals surface area contributed by atoms with Gasteiger partial charge in [0.05, 0.1) is 10.9 Å². The fourth-order valence-electron chi connectivity index (χ4n) is 4.14. The lowest BCUT2D eigenvalue weighted by Crippen LogP contribution is -2.46. The van der Waals surface area contributed by atoms with Gasteiger partial charge in [-0.1, -0.05) is 72.8 Å². The van der Waals surface area contributed by atoms with Crippen LogP contribution in [0.4, 0.5) is 0 Å². The van der Waals surface area contributed by atoms with Crippen LogP contribution < -0.4 is 10.6 Å². The molecule has 0 spiro atoms. The van der Waals surface area contributed by atoms with Gasteiger partial charge in [0.15, 0.2) is 0 Å². The number of benzene rings is 3. The molecule has 188 valence electrons. The maximum Gasteiger partial charge on any atom is 0.249 e. The van der Waals surface area contributed by atoms with Gasteiger partial charge in [0, 0.05) is 25.8 Å². The van der Waals surface area contributed by atoms with Crippen molar-refractivity contribution < 1.29 is 18.0 Å². The van der Waals surface area contributed by atoms with Crippen molar-refractivity contribution in [2.75, 3.05) is 18.8 Å². The number of carbonyl (C=O) groups is 2. The molecule has 0 aromatic heterocycles. The van der Waals surface area contributed by atoms with Crippen LogP contribution in [0, 0.1) is 0 Å². The topological polar surface area (TPSA) is 95.6 Å². The van der Waals surface area contributed by atoms with Crippen LogP contribution in [0.1, 0.15) is 24.9 Å². The second-order valence-electron chi connectivity index (χ2n) is 8.47. The molecule has 2 amide bonds. The summed E-state index contributed by atoms with van der Waals surface area (Å²) in [6.45, 7) is 2.09. The average Bonchev–Trinajstić information content (AvgIpc) is 3.40. The quantitative estimate of drug-likeness (QED) is 0.445. The number of hydrogen-bond donors (Lipinski definition) is 2. The molecule has 9 heteroatoms. The van der Waals surface area contributed by atoms with Gasteiger partial charge in [0.2, 0.25) is 21.8 Å². The first-order valence-corrected chi connectivity index (χ1v) is 14.2. The molecule has 0 bridgehead atoms. The fourth-order valence-corrected chi connectivity index (χ4v) is 7.22. The van der Waals surface area contributed by atoms with E-state index in [1.54, 1.807) is 24.3 Å². The summed E-state index contributed by atoms with van der Waals surface area (Å²) >= 11 is 1.31. The van der Waals surface area contributed by atoms with Crippen molar-refractivity contribution >= 4 is 33.6 Å². The molecule has 0 radical (unpaired) electrons. The summed E-state index contributed by atoms with van der Waals surface area (Å²) in [6, 6.07) is 25.6. The zero-order valence-electron chi connectivity index (χ0n) is 20.0. The van der Waals surface area contributed by atoms with Crippen molar-refractivity contribution in [2.24, 2.45) is 0 Å². The molecule has 1 fully saturated rings. The molecule has 36 heavy (non-hydrogen) atoms. The molecule has 3 aromatic rings. The third-order valence-corrected chi connectivity index (χ3v) is 9.18. The van der Waals surface area contributed by atoms with Gasteiger partial charge in [0.1, 0.15) is 5.37 Å². The maximum atomic E-state index is 13.5. The summed E-state index contributed by atoms with van der Waals surface area (Å²) in [5.41, 5.74) is 2.82. The normalized spacial score (nSPS) is 16.9. The largest absolute Gasteiger partial charge is 0.356 e. The standard InChI is InChI=1S/C27H29N3O4S2/c1-20(31)28-17-16-25(23-10-6-3-7-11-23)29-26(32)27-30(18-19-35-27)36(33,34)24-14-12-22(13-15-24)21-8-4-2-5-9-21/h2-15,25,27H,16-19H2,1H3,(H,28,31)(H,29,32). The van der Waals surface area contributed by atoms with Crippen molar-refractivity contribution in [3.63, 3.8) is 0 Å². The highest BCUT2D eigenvalue weighted by molar-refractivity contribution is 8.02. The Morgan fingerprint density at radius 3 is 2.19 bits per heavy atom. The SMILES string of the molecule is CC(=O)NCCC(NC(=O)C1SCCN1S(=O)(=O)c1ccc(-c2ccccc2)cc1)c1ccccc1. The minimum absolute atomic E-state index is 0.143. The maximum absolute atomic E-state index is 13.5. The number of amides is 2. The van der Waals surface area contributed by atoms with E-state index in [-0.39, 0.29) is 29.3 Å². The van der Waals surface area contributed by atoms with Gasteiger partial charge < -0.3 is 10.6 Å². The van der Waals surface area contributed by atoms with E-state index in [1.165, 1.54) is 23.0 Å². The van der Waals surface area contributed by atoms with Crippen molar-refractivity contribution in [1.82, 2.24) is 14.9 Å². The zero-order chi connectivity index (χ0) is 25.5. The monoisotopic (exact) mass is 523 g/mol. The first-order chi connectivity index (χ1) is 17.4. The van der Waals surface area contributed by atoms with E-state index in [0.29, 0.717) is 18.7 Å². The lowest BCUT2D eigenvalue weighted by molar-refractivity contribution is -0.122. The highest BCUT2D eigenvalue weighted by Gasteiger charge is 2.40. The predicted molar refractivity (Wildman–Crippen MR) is 143 cm³/mol. The van der Waals surface area contributed by atoms with E-state index in [2.05, 4.69) is 10.6 Å². The molecule has 0 aliphatic carbocycles. The minimum atomic E-state index is -3.87. The van der Waals surface area contributed by atoms with E-state index in [1.807, 2.05) is 60.7 Å². The van der Waals surface area contributed by atoms with Crippen LogP contribution in [0.2, 0.25) is 0 Å².